The Morgan fingerprint density at radius 2 is 2.07 bits per heavy atom. The molecule has 0 N–H and O–H groups in total. The van der Waals surface area contributed by atoms with E-state index in [0.29, 0.717) is 0 Å². The van der Waals surface area contributed by atoms with E-state index in [1.54, 1.807) is 13.8 Å². The van der Waals surface area contributed by atoms with Crippen LogP contribution in [0.5, 0.6) is 0 Å². The second kappa shape index (κ2) is 4.50. The number of halogens is 3. The van der Waals surface area contributed by atoms with E-state index < -0.39 is 11.2 Å². The van der Waals surface area contributed by atoms with Gasteiger partial charge < -0.3 is 0 Å². The summed E-state index contributed by atoms with van der Waals surface area (Å²) < 4.78 is 13.0. The van der Waals surface area contributed by atoms with Crippen LogP contribution in [-0.2, 0) is 0 Å². The SMILES string of the molecule is CC(C)(CCl)C(=O)c1cc(F)ccc1Cl. The highest BCUT2D eigenvalue weighted by Gasteiger charge is 2.29. The summed E-state index contributed by atoms with van der Waals surface area (Å²) in [6, 6.07) is 3.72. The molecule has 0 fully saturated rings. The lowest BCUT2D eigenvalue weighted by molar-refractivity contribution is 0.0861. The van der Waals surface area contributed by atoms with E-state index in [2.05, 4.69) is 0 Å². The van der Waals surface area contributed by atoms with E-state index in [4.69, 9.17) is 23.2 Å². The van der Waals surface area contributed by atoms with Gasteiger partial charge in [-0.25, -0.2) is 4.39 Å². The molecule has 0 amide bonds. The maximum Gasteiger partial charge on any atom is 0.171 e. The van der Waals surface area contributed by atoms with Crippen molar-refractivity contribution in [3.05, 3.63) is 34.6 Å². The Labute approximate surface area is 98.2 Å². The largest absolute Gasteiger partial charge is 0.293 e. The van der Waals surface area contributed by atoms with Gasteiger partial charge in [-0.2, -0.15) is 0 Å². The molecule has 0 aliphatic rings. The molecule has 0 aliphatic heterocycles. The zero-order valence-corrected chi connectivity index (χ0v) is 9.99. The van der Waals surface area contributed by atoms with Crippen molar-refractivity contribution in [2.45, 2.75) is 13.8 Å². The first-order valence-electron chi connectivity index (χ1n) is 4.44. The zero-order chi connectivity index (χ0) is 11.6. The number of ketones is 1. The first kappa shape index (κ1) is 12.5. The van der Waals surface area contributed by atoms with Gasteiger partial charge in [-0.3, -0.25) is 4.79 Å². The van der Waals surface area contributed by atoms with Gasteiger partial charge in [0.05, 0.1) is 5.02 Å². The minimum absolute atomic E-state index is 0.165. The lowest BCUT2D eigenvalue weighted by atomic mass is 9.86. The Kier molecular flexibility index (Phi) is 3.74. The van der Waals surface area contributed by atoms with Gasteiger partial charge in [0.1, 0.15) is 5.82 Å². The van der Waals surface area contributed by atoms with E-state index in [0.717, 1.165) is 6.07 Å². The molecule has 0 aliphatic carbocycles. The normalized spacial score (nSPS) is 11.5. The van der Waals surface area contributed by atoms with E-state index in [-0.39, 0.29) is 22.2 Å². The predicted octanol–water partition coefficient (Wildman–Crippen LogP) is 3.93. The van der Waals surface area contributed by atoms with Crippen molar-refractivity contribution >= 4 is 29.0 Å². The fourth-order valence-electron chi connectivity index (χ4n) is 1.10. The molecule has 0 saturated carbocycles. The van der Waals surface area contributed by atoms with Crippen LogP contribution in [0.1, 0.15) is 24.2 Å². The first-order valence-corrected chi connectivity index (χ1v) is 5.35. The van der Waals surface area contributed by atoms with Gasteiger partial charge in [-0.05, 0) is 18.2 Å². The minimum Gasteiger partial charge on any atom is -0.293 e. The molecule has 15 heavy (non-hydrogen) atoms. The van der Waals surface area contributed by atoms with Crippen molar-refractivity contribution in [2.24, 2.45) is 5.41 Å². The van der Waals surface area contributed by atoms with Gasteiger partial charge in [-0.15, -0.1) is 11.6 Å². The van der Waals surface area contributed by atoms with E-state index in [1.807, 2.05) is 0 Å². The highest BCUT2D eigenvalue weighted by molar-refractivity contribution is 6.34. The fourth-order valence-corrected chi connectivity index (χ4v) is 1.42. The molecule has 82 valence electrons. The van der Waals surface area contributed by atoms with Crippen LogP contribution in [0.15, 0.2) is 18.2 Å². The highest BCUT2D eigenvalue weighted by atomic mass is 35.5. The van der Waals surface area contributed by atoms with Crippen molar-refractivity contribution in [1.29, 1.82) is 0 Å². The molecule has 0 radical (unpaired) electrons. The summed E-state index contributed by atoms with van der Waals surface area (Å²) in [7, 11) is 0. The molecule has 1 nitrogen and oxygen atoms in total. The summed E-state index contributed by atoms with van der Waals surface area (Å²) in [4.78, 5) is 11.9. The number of carbonyl (C=O) groups excluding carboxylic acids is 1. The molecule has 0 aromatic heterocycles. The average molecular weight is 249 g/mol. The quantitative estimate of drug-likeness (QED) is 0.586. The molecule has 1 rings (SSSR count). The smallest absolute Gasteiger partial charge is 0.171 e. The van der Waals surface area contributed by atoms with Crippen LogP contribution in [0, 0.1) is 11.2 Å². The van der Waals surface area contributed by atoms with Crippen LogP contribution in [0.4, 0.5) is 4.39 Å². The summed E-state index contributed by atoms with van der Waals surface area (Å²) in [6.45, 7) is 3.40. The fraction of sp³-hybridized carbons (Fsp3) is 0.364. The van der Waals surface area contributed by atoms with Crippen LogP contribution >= 0.6 is 23.2 Å². The van der Waals surface area contributed by atoms with E-state index in [1.165, 1.54) is 12.1 Å². The molecular weight excluding hydrogens is 238 g/mol. The third-order valence-corrected chi connectivity index (χ3v) is 3.12. The number of Topliss-reactive ketones (excluding diaryl/α,β-unsaturated/α-hetero) is 1. The third kappa shape index (κ3) is 2.70. The van der Waals surface area contributed by atoms with Gasteiger partial charge in [0, 0.05) is 16.9 Å². The van der Waals surface area contributed by atoms with Crippen molar-refractivity contribution in [1.82, 2.24) is 0 Å². The molecular formula is C11H11Cl2FO. The molecule has 0 saturated heterocycles. The molecule has 0 bridgehead atoms. The van der Waals surface area contributed by atoms with Gasteiger partial charge in [-0.1, -0.05) is 25.4 Å². The van der Waals surface area contributed by atoms with E-state index in [9.17, 15) is 9.18 Å². The third-order valence-electron chi connectivity index (χ3n) is 2.12. The lowest BCUT2D eigenvalue weighted by Gasteiger charge is -2.20. The summed E-state index contributed by atoms with van der Waals surface area (Å²) in [5.74, 6) is -0.561. The van der Waals surface area contributed by atoms with E-state index >= 15 is 0 Å². The average Bonchev–Trinajstić information content (AvgIpc) is 2.20. The molecule has 4 heteroatoms. The number of rotatable bonds is 3. The van der Waals surface area contributed by atoms with Gasteiger partial charge in [0.2, 0.25) is 0 Å². The van der Waals surface area contributed by atoms with Crippen molar-refractivity contribution in [2.75, 3.05) is 5.88 Å². The van der Waals surface area contributed by atoms with Crippen molar-refractivity contribution < 1.29 is 9.18 Å². The number of alkyl halides is 1. The zero-order valence-electron chi connectivity index (χ0n) is 8.48. The molecule has 0 spiro atoms. The molecule has 0 heterocycles. The summed E-state index contributed by atoms with van der Waals surface area (Å²) in [6.07, 6.45) is 0. The number of benzene rings is 1. The van der Waals surface area contributed by atoms with Crippen LogP contribution in [0.25, 0.3) is 0 Å². The monoisotopic (exact) mass is 248 g/mol. The van der Waals surface area contributed by atoms with Crippen LogP contribution in [-0.4, -0.2) is 11.7 Å². The molecule has 1 aromatic rings. The molecule has 0 unspecified atom stereocenters. The van der Waals surface area contributed by atoms with Gasteiger partial charge >= 0.3 is 0 Å². The van der Waals surface area contributed by atoms with Crippen molar-refractivity contribution in [3.8, 4) is 0 Å². The Morgan fingerprint density at radius 3 is 2.60 bits per heavy atom. The second-order valence-electron chi connectivity index (χ2n) is 3.97. The topological polar surface area (TPSA) is 17.1 Å². The maximum atomic E-state index is 13.0. The van der Waals surface area contributed by atoms with Crippen LogP contribution in [0.3, 0.4) is 0 Å². The standard InChI is InChI=1S/C11H11Cl2FO/c1-11(2,6-12)10(15)8-5-7(14)3-4-9(8)13/h3-5H,6H2,1-2H3. The first-order chi connectivity index (χ1) is 6.88. The van der Waals surface area contributed by atoms with Gasteiger partial charge in [0.15, 0.2) is 5.78 Å². The Balaban J connectivity index is 3.17. The maximum absolute atomic E-state index is 13.0. The lowest BCUT2D eigenvalue weighted by Crippen LogP contribution is -2.26. The predicted molar refractivity (Wildman–Crippen MR) is 60.2 cm³/mol. The summed E-state index contributed by atoms with van der Waals surface area (Å²) in [5.41, 5.74) is -0.554. The number of hydrogen-bond acceptors (Lipinski definition) is 1. The minimum atomic E-state index is -0.737. The van der Waals surface area contributed by atoms with Crippen LogP contribution in [0.2, 0.25) is 5.02 Å². The molecule has 0 atom stereocenters. The highest BCUT2D eigenvalue weighted by Crippen LogP contribution is 2.28. The van der Waals surface area contributed by atoms with Gasteiger partial charge in [0.25, 0.3) is 0 Å². The second-order valence-corrected chi connectivity index (χ2v) is 4.65. The number of hydrogen-bond donors (Lipinski definition) is 0. The summed E-state index contributed by atoms with van der Waals surface area (Å²) in [5, 5.41) is 0.250. The Hall–Kier alpha value is -0.600. The van der Waals surface area contributed by atoms with Crippen LogP contribution < -0.4 is 0 Å². The van der Waals surface area contributed by atoms with Crippen molar-refractivity contribution in [3.63, 3.8) is 0 Å². The molecule has 1 aromatic carbocycles. The Morgan fingerprint density at radius 1 is 1.47 bits per heavy atom. The summed E-state index contributed by atoms with van der Waals surface area (Å²) >= 11 is 11.5. The Bertz CT molecular complexity index is 388. The number of carbonyl (C=O) groups is 1.